The fourth-order valence-corrected chi connectivity index (χ4v) is 3.84. The number of benzene rings is 2. The predicted octanol–water partition coefficient (Wildman–Crippen LogP) is 2.71. The van der Waals surface area contributed by atoms with Crippen LogP contribution in [0.5, 0.6) is 5.75 Å². The van der Waals surface area contributed by atoms with E-state index in [0.29, 0.717) is 31.7 Å². The van der Waals surface area contributed by atoms with Gasteiger partial charge in [0.1, 0.15) is 5.75 Å². The number of hydrogen-bond donors (Lipinski definition) is 0. The molecule has 5 heteroatoms. The van der Waals surface area contributed by atoms with Crippen molar-refractivity contribution in [3.05, 3.63) is 65.7 Å². The van der Waals surface area contributed by atoms with E-state index in [2.05, 4.69) is 0 Å². The minimum absolute atomic E-state index is 0.00828. The maximum Gasteiger partial charge on any atom is 0.253 e. The summed E-state index contributed by atoms with van der Waals surface area (Å²) in [4.78, 5) is 29.6. The molecule has 1 heterocycles. The van der Waals surface area contributed by atoms with Gasteiger partial charge in [0.2, 0.25) is 5.91 Å². The van der Waals surface area contributed by atoms with Crippen molar-refractivity contribution < 1.29 is 14.3 Å². The molecule has 1 saturated heterocycles. The second-order valence-electron chi connectivity index (χ2n) is 7.26. The van der Waals surface area contributed by atoms with Gasteiger partial charge in [0.05, 0.1) is 12.5 Å². The van der Waals surface area contributed by atoms with Crippen molar-refractivity contribution in [3.63, 3.8) is 0 Å². The molecule has 2 amide bonds. The van der Waals surface area contributed by atoms with Gasteiger partial charge >= 0.3 is 0 Å². The third kappa shape index (κ3) is 3.29. The van der Waals surface area contributed by atoms with Gasteiger partial charge in [0.25, 0.3) is 5.91 Å². The van der Waals surface area contributed by atoms with E-state index in [1.807, 2.05) is 40.1 Å². The van der Waals surface area contributed by atoms with E-state index in [0.717, 1.165) is 24.2 Å². The number of carbonyl (C=O) groups excluding carboxylic acids is 2. The number of piperazine rings is 1. The van der Waals surface area contributed by atoms with Gasteiger partial charge in [-0.1, -0.05) is 30.3 Å². The van der Waals surface area contributed by atoms with Gasteiger partial charge < -0.3 is 14.5 Å². The fourth-order valence-electron chi connectivity index (χ4n) is 3.84. The average Bonchev–Trinajstić information content (AvgIpc) is 3.56. The maximum absolute atomic E-state index is 13.1. The van der Waals surface area contributed by atoms with Crippen molar-refractivity contribution in [3.8, 4) is 5.75 Å². The van der Waals surface area contributed by atoms with Gasteiger partial charge in [-0.05, 0) is 42.7 Å². The molecule has 4 rings (SSSR count). The molecular formula is C22H24N2O3. The molecule has 2 aromatic carbocycles. The number of rotatable bonds is 4. The molecule has 0 bridgehead atoms. The van der Waals surface area contributed by atoms with Crippen LogP contribution >= 0.6 is 0 Å². The van der Waals surface area contributed by atoms with Gasteiger partial charge in [-0.2, -0.15) is 0 Å². The van der Waals surface area contributed by atoms with Crippen LogP contribution in [0.15, 0.2) is 54.6 Å². The Morgan fingerprint density at radius 3 is 2.00 bits per heavy atom. The molecule has 1 aliphatic carbocycles. The lowest BCUT2D eigenvalue weighted by Crippen LogP contribution is -2.53. The standard InChI is InChI=1S/C22H24N2O3/c1-27-19-9-7-17(8-10-19)20(25)23-13-15-24(16-14-23)21(26)22(11-12-22)18-5-3-2-4-6-18/h2-10H,11-16H2,1H3. The van der Waals surface area contributed by atoms with Crippen molar-refractivity contribution in [2.24, 2.45) is 0 Å². The largest absolute Gasteiger partial charge is 0.497 e. The molecule has 1 saturated carbocycles. The molecule has 0 radical (unpaired) electrons. The zero-order chi connectivity index (χ0) is 18.9. The monoisotopic (exact) mass is 364 g/mol. The topological polar surface area (TPSA) is 49.9 Å². The quantitative estimate of drug-likeness (QED) is 0.838. The third-order valence-electron chi connectivity index (χ3n) is 5.68. The third-order valence-corrected chi connectivity index (χ3v) is 5.68. The molecular weight excluding hydrogens is 340 g/mol. The second-order valence-corrected chi connectivity index (χ2v) is 7.26. The van der Waals surface area contributed by atoms with Gasteiger partial charge in [-0.3, -0.25) is 9.59 Å². The summed E-state index contributed by atoms with van der Waals surface area (Å²) < 4.78 is 5.14. The highest BCUT2D eigenvalue weighted by atomic mass is 16.5. The number of carbonyl (C=O) groups is 2. The minimum Gasteiger partial charge on any atom is -0.497 e. The lowest BCUT2D eigenvalue weighted by molar-refractivity contribution is -0.135. The van der Waals surface area contributed by atoms with Gasteiger partial charge in [-0.25, -0.2) is 0 Å². The summed E-state index contributed by atoms with van der Waals surface area (Å²) in [6.07, 6.45) is 1.83. The lowest BCUT2D eigenvalue weighted by Gasteiger charge is -2.36. The van der Waals surface area contributed by atoms with Crippen LogP contribution < -0.4 is 4.74 Å². The van der Waals surface area contributed by atoms with Gasteiger partial charge in [0.15, 0.2) is 0 Å². The van der Waals surface area contributed by atoms with Crippen LogP contribution in [-0.4, -0.2) is 54.9 Å². The number of methoxy groups -OCH3 is 1. The molecule has 1 aliphatic heterocycles. The Morgan fingerprint density at radius 1 is 0.852 bits per heavy atom. The van der Waals surface area contributed by atoms with E-state index < -0.39 is 0 Å². The Labute approximate surface area is 159 Å². The van der Waals surface area contributed by atoms with Crippen molar-refractivity contribution in [1.82, 2.24) is 9.80 Å². The number of hydrogen-bond acceptors (Lipinski definition) is 3. The predicted molar refractivity (Wildman–Crippen MR) is 103 cm³/mol. The smallest absolute Gasteiger partial charge is 0.253 e. The lowest BCUT2D eigenvalue weighted by atomic mass is 9.94. The molecule has 2 aromatic rings. The first kappa shape index (κ1) is 17.6. The normalized spacial score (nSPS) is 18.1. The average molecular weight is 364 g/mol. The molecule has 0 N–H and O–H groups in total. The minimum atomic E-state index is -0.330. The van der Waals surface area contributed by atoms with Crippen LogP contribution in [0, 0.1) is 0 Å². The number of nitrogens with zero attached hydrogens (tertiary/aromatic N) is 2. The highest BCUT2D eigenvalue weighted by molar-refractivity contribution is 5.95. The first-order valence-corrected chi connectivity index (χ1v) is 9.42. The first-order valence-electron chi connectivity index (χ1n) is 9.42. The SMILES string of the molecule is COc1ccc(C(=O)N2CCN(C(=O)C3(c4ccccc4)CC3)CC2)cc1. The molecule has 5 nitrogen and oxygen atoms in total. The van der Waals surface area contributed by atoms with Crippen LogP contribution in [0.4, 0.5) is 0 Å². The van der Waals surface area contributed by atoms with Crippen molar-refractivity contribution in [1.29, 1.82) is 0 Å². The molecule has 0 spiro atoms. The van der Waals surface area contributed by atoms with Crippen LogP contribution in [0.25, 0.3) is 0 Å². The zero-order valence-electron chi connectivity index (χ0n) is 15.6. The first-order chi connectivity index (χ1) is 13.1. The molecule has 0 unspecified atom stereocenters. The molecule has 2 fully saturated rings. The van der Waals surface area contributed by atoms with E-state index >= 15 is 0 Å². The Kier molecular flexibility index (Phi) is 4.60. The summed E-state index contributed by atoms with van der Waals surface area (Å²) in [7, 11) is 1.61. The van der Waals surface area contributed by atoms with Crippen LogP contribution in [0.2, 0.25) is 0 Å². The highest BCUT2D eigenvalue weighted by Crippen LogP contribution is 2.49. The van der Waals surface area contributed by atoms with E-state index in [1.165, 1.54) is 0 Å². The van der Waals surface area contributed by atoms with E-state index in [1.54, 1.807) is 31.4 Å². The van der Waals surface area contributed by atoms with Crippen molar-refractivity contribution in [2.45, 2.75) is 18.3 Å². The Balaban J connectivity index is 1.39. The van der Waals surface area contributed by atoms with Gasteiger partial charge in [-0.15, -0.1) is 0 Å². The summed E-state index contributed by atoms with van der Waals surface area (Å²) >= 11 is 0. The van der Waals surface area contributed by atoms with E-state index in [-0.39, 0.29) is 17.2 Å². The van der Waals surface area contributed by atoms with Crippen LogP contribution in [-0.2, 0) is 10.2 Å². The number of ether oxygens (including phenoxy) is 1. The summed E-state index contributed by atoms with van der Waals surface area (Å²) in [5, 5.41) is 0. The molecule has 140 valence electrons. The van der Waals surface area contributed by atoms with E-state index in [4.69, 9.17) is 4.74 Å². The molecule has 0 aromatic heterocycles. The van der Waals surface area contributed by atoms with Crippen LogP contribution in [0.3, 0.4) is 0 Å². The summed E-state index contributed by atoms with van der Waals surface area (Å²) in [5.41, 5.74) is 1.44. The van der Waals surface area contributed by atoms with Crippen molar-refractivity contribution in [2.75, 3.05) is 33.3 Å². The summed E-state index contributed by atoms with van der Waals surface area (Å²) in [5.74, 6) is 0.955. The zero-order valence-corrected chi connectivity index (χ0v) is 15.6. The molecule has 2 aliphatic rings. The maximum atomic E-state index is 13.1. The Morgan fingerprint density at radius 2 is 1.44 bits per heavy atom. The molecule has 27 heavy (non-hydrogen) atoms. The number of amides is 2. The Hall–Kier alpha value is -2.82. The second kappa shape index (κ2) is 7.06. The van der Waals surface area contributed by atoms with Gasteiger partial charge in [0, 0.05) is 31.7 Å². The van der Waals surface area contributed by atoms with Crippen LogP contribution in [0.1, 0.15) is 28.8 Å². The Bertz CT molecular complexity index is 820. The highest BCUT2D eigenvalue weighted by Gasteiger charge is 2.53. The van der Waals surface area contributed by atoms with Crippen molar-refractivity contribution >= 4 is 11.8 Å². The molecule has 0 atom stereocenters. The van der Waals surface area contributed by atoms with E-state index in [9.17, 15) is 9.59 Å². The summed E-state index contributed by atoms with van der Waals surface area (Å²) in [6.45, 7) is 2.33. The fraction of sp³-hybridized carbons (Fsp3) is 0.364. The summed E-state index contributed by atoms with van der Waals surface area (Å²) in [6, 6.07) is 17.2.